The van der Waals surface area contributed by atoms with Gasteiger partial charge in [0.2, 0.25) is 5.88 Å². The Labute approximate surface area is 161 Å². The van der Waals surface area contributed by atoms with Gasteiger partial charge in [-0.3, -0.25) is 0 Å². The number of aliphatic imine (C=N–C) groups is 1. The van der Waals surface area contributed by atoms with Crippen LogP contribution >= 0.6 is 11.8 Å². The van der Waals surface area contributed by atoms with E-state index in [0.717, 1.165) is 41.7 Å². The van der Waals surface area contributed by atoms with Crippen molar-refractivity contribution < 1.29 is 4.74 Å². The molecule has 0 radical (unpaired) electrons. The van der Waals surface area contributed by atoms with Crippen LogP contribution in [0, 0.1) is 5.92 Å². The molecule has 3 rings (SSSR count). The van der Waals surface area contributed by atoms with Gasteiger partial charge in [0.05, 0.1) is 13.2 Å². The number of rotatable bonds is 9. The molecule has 2 atom stereocenters. The molecular weight excluding hydrogens is 344 g/mol. The summed E-state index contributed by atoms with van der Waals surface area (Å²) in [5, 5.41) is 7.79. The quantitative estimate of drug-likeness (QED) is 0.509. The van der Waals surface area contributed by atoms with Gasteiger partial charge in [-0.1, -0.05) is 6.92 Å². The minimum Gasteiger partial charge on any atom is -0.477 e. The van der Waals surface area contributed by atoms with Crippen molar-refractivity contribution in [3.8, 4) is 5.88 Å². The predicted molar refractivity (Wildman–Crippen MR) is 110 cm³/mol. The van der Waals surface area contributed by atoms with Crippen molar-refractivity contribution >= 4 is 17.7 Å². The lowest BCUT2D eigenvalue weighted by Crippen LogP contribution is -2.42. The molecule has 2 aliphatic carbocycles. The smallest absolute Gasteiger partial charge is 0.213 e. The van der Waals surface area contributed by atoms with Crippen molar-refractivity contribution in [2.24, 2.45) is 10.9 Å². The van der Waals surface area contributed by atoms with Gasteiger partial charge in [-0.2, -0.15) is 11.8 Å². The molecule has 0 amide bonds. The highest BCUT2D eigenvalue weighted by molar-refractivity contribution is 7.99. The highest BCUT2D eigenvalue weighted by Gasteiger charge is 2.25. The van der Waals surface area contributed by atoms with Crippen molar-refractivity contribution in [1.82, 2.24) is 15.6 Å². The number of aromatic nitrogens is 1. The summed E-state index contributed by atoms with van der Waals surface area (Å²) in [6.45, 7) is 6.66. The standard InChI is InChI=1S/C20H32N4OS/c1-3-21-20(24-17-7-8-18(12-17)26-4-2)23-13-16-9-10-22-19(11-16)25-14-15-5-6-15/h9-11,15,17-18H,3-8,12-14H2,1-2H3,(H2,21,23,24). The minimum absolute atomic E-state index is 0.534. The topological polar surface area (TPSA) is 58.5 Å². The van der Waals surface area contributed by atoms with Crippen molar-refractivity contribution in [3.05, 3.63) is 23.9 Å². The Hall–Kier alpha value is -1.43. The third kappa shape index (κ3) is 6.38. The van der Waals surface area contributed by atoms with E-state index in [1.165, 1.54) is 37.9 Å². The molecule has 1 aromatic heterocycles. The fourth-order valence-electron chi connectivity index (χ4n) is 3.26. The molecule has 144 valence electrons. The summed E-state index contributed by atoms with van der Waals surface area (Å²) in [5.41, 5.74) is 1.13. The molecule has 6 heteroatoms. The Morgan fingerprint density at radius 1 is 1.31 bits per heavy atom. The summed E-state index contributed by atoms with van der Waals surface area (Å²) in [6, 6.07) is 4.56. The third-order valence-corrected chi connectivity index (χ3v) is 6.09. The number of guanidine groups is 1. The molecule has 0 aromatic carbocycles. The number of hydrogen-bond acceptors (Lipinski definition) is 4. The summed E-state index contributed by atoms with van der Waals surface area (Å²) < 4.78 is 5.77. The molecule has 0 saturated heterocycles. The number of hydrogen-bond donors (Lipinski definition) is 2. The Kier molecular flexibility index (Phi) is 7.47. The zero-order valence-electron chi connectivity index (χ0n) is 16.0. The highest BCUT2D eigenvalue weighted by Crippen LogP contribution is 2.30. The van der Waals surface area contributed by atoms with E-state index in [4.69, 9.17) is 9.73 Å². The van der Waals surface area contributed by atoms with E-state index >= 15 is 0 Å². The molecule has 0 bridgehead atoms. The number of thioether (sulfide) groups is 1. The van der Waals surface area contributed by atoms with E-state index in [1.54, 1.807) is 0 Å². The third-order valence-electron chi connectivity index (χ3n) is 4.85. The number of ether oxygens (including phenoxy) is 1. The molecule has 0 spiro atoms. The lowest BCUT2D eigenvalue weighted by atomic mass is 10.2. The Balaban J connectivity index is 1.52. The molecule has 2 aliphatic rings. The van der Waals surface area contributed by atoms with Crippen LogP contribution in [0.2, 0.25) is 0 Å². The molecule has 1 aromatic rings. The Morgan fingerprint density at radius 2 is 2.19 bits per heavy atom. The van der Waals surface area contributed by atoms with Crippen LogP contribution < -0.4 is 15.4 Å². The van der Waals surface area contributed by atoms with Gasteiger partial charge in [-0.25, -0.2) is 9.98 Å². The first-order valence-electron chi connectivity index (χ1n) is 10.0. The molecule has 2 saturated carbocycles. The predicted octanol–water partition coefficient (Wildman–Crippen LogP) is 3.60. The molecule has 5 nitrogen and oxygen atoms in total. The Bertz CT molecular complexity index is 591. The molecule has 26 heavy (non-hydrogen) atoms. The first-order chi connectivity index (χ1) is 12.8. The van der Waals surface area contributed by atoms with Crippen LogP contribution in [0.1, 0.15) is 51.5 Å². The van der Waals surface area contributed by atoms with Crippen LogP contribution in [-0.4, -0.2) is 41.1 Å². The van der Waals surface area contributed by atoms with E-state index in [0.29, 0.717) is 12.6 Å². The van der Waals surface area contributed by atoms with Gasteiger partial charge in [-0.05, 0) is 62.3 Å². The van der Waals surface area contributed by atoms with E-state index in [2.05, 4.69) is 41.2 Å². The van der Waals surface area contributed by atoms with Crippen LogP contribution in [0.3, 0.4) is 0 Å². The fraction of sp³-hybridized carbons (Fsp3) is 0.700. The van der Waals surface area contributed by atoms with Crippen LogP contribution in [-0.2, 0) is 6.54 Å². The fourth-order valence-corrected chi connectivity index (χ4v) is 4.40. The minimum atomic E-state index is 0.534. The Morgan fingerprint density at radius 3 is 2.96 bits per heavy atom. The van der Waals surface area contributed by atoms with Gasteiger partial charge in [0.15, 0.2) is 5.96 Å². The van der Waals surface area contributed by atoms with Crippen LogP contribution in [0.15, 0.2) is 23.3 Å². The average Bonchev–Trinajstić information content (AvgIpc) is 3.38. The van der Waals surface area contributed by atoms with E-state index in [9.17, 15) is 0 Å². The number of nitrogens with one attached hydrogen (secondary N) is 2. The zero-order chi connectivity index (χ0) is 18.2. The average molecular weight is 377 g/mol. The van der Waals surface area contributed by atoms with Gasteiger partial charge in [0.1, 0.15) is 0 Å². The first-order valence-corrected chi connectivity index (χ1v) is 11.1. The zero-order valence-corrected chi connectivity index (χ0v) is 16.9. The molecule has 2 unspecified atom stereocenters. The second kappa shape index (κ2) is 10.0. The maximum atomic E-state index is 5.77. The van der Waals surface area contributed by atoms with Crippen molar-refractivity contribution in [2.45, 2.75) is 63.8 Å². The maximum absolute atomic E-state index is 5.77. The van der Waals surface area contributed by atoms with Crippen LogP contribution in [0.4, 0.5) is 0 Å². The summed E-state index contributed by atoms with van der Waals surface area (Å²) in [4.78, 5) is 9.08. The maximum Gasteiger partial charge on any atom is 0.213 e. The summed E-state index contributed by atoms with van der Waals surface area (Å²) in [6.07, 6.45) is 8.17. The molecule has 1 heterocycles. The summed E-state index contributed by atoms with van der Waals surface area (Å²) in [5.74, 6) is 3.58. The van der Waals surface area contributed by atoms with Gasteiger partial charge >= 0.3 is 0 Å². The van der Waals surface area contributed by atoms with Gasteiger partial charge in [0, 0.05) is 30.1 Å². The summed E-state index contributed by atoms with van der Waals surface area (Å²) >= 11 is 2.08. The van der Waals surface area contributed by atoms with Gasteiger partial charge < -0.3 is 15.4 Å². The van der Waals surface area contributed by atoms with E-state index in [1.807, 2.05) is 18.3 Å². The number of pyridine rings is 1. The van der Waals surface area contributed by atoms with Crippen molar-refractivity contribution in [3.63, 3.8) is 0 Å². The molecule has 2 fully saturated rings. The van der Waals surface area contributed by atoms with Crippen LogP contribution in [0.5, 0.6) is 5.88 Å². The monoisotopic (exact) mass is 376 g/mol. The van der Waals surface area contributed by atoms with Crippen molar-refractivity contribution in [1.29, 1.82) is 0 Å². The number of nitrogens with zero attached hydrogens (tertiary/aromatic N) is 2. The van der Waals surface area contributed by atoms with Crippen molar-refractivity contribution in [2.75, 3.05) is 18.9 Å². The van der Waals surface area contributed by atoms with Gasteiger partial charge in [-0.15, -0.1) is 0 Å². The summed E-state index contributed by atoms with van der Waals surface area (Å²) in [7, 11) is 0. The highest BCUT2D eigenvalue weighted by atomic mass is 32.2. The lowest BCUT2D eigenvalue weighted by Gasteiger charge is -2.17. The molecular formula is C20H32N4OS. The SMILES string of the molecule is CCNC(=NCc1ccnc(OCC2CC2)c1)NC1CCC(SCC)C1. The van der Waals surface area contributed by atoms with E-state index < -0.39 is 0 Å². The normalized spacial score (nSPS) is 23.1. The molecule has 0 aliphatic heterocycles. The van der Waals surface area contributed by atoms with Gasteiger partial charge in [0.25, 0.3) is 0 Å². The largest absolute Gasteiger partial charge is 0.477 e. The lowest BCUT2D eigenvalue weighted by molar-refractivity contribution is 0.288. The second-order valence-corrected chi connectivity index (χ2v) is 8.76. The first kappa shape index (κ1) is 19.3. The van der Waals surface area contributed by atoms with E-state index in [-0.39, 0.29) is 0 Å². The van der Waals surface area contributed by atoms with Crippen LogP contribution in [0.25, 0.3) is 0 Å². The second-order valence-electron chi connectivity index (χ2n) is 7.18. The molecule has 2 N–H and O–H groups in total.